The lowest BCUT2D eigenvalue weighted by atomic mass is 10.2. The first-order valence-electron chi connectivity index (χ1n) is 8.43. The van der Waals surface area contributed by atoms with Crippen LogP contribution in [0.25, 0.3) is 0 Å². The molecular formula is C21H14F3N3O2. The van der Waals surface area contributed by atoms with Crippen LogP contribution >= 0.6 is 0 Å². The van der Waals surface area contributed by atoms with Crippen LogP contribution in [0.1, 0.15) is 27.2 Å². The molecule has 3 rings (SSSR count). The maximum absolute atomic E-state index is 13.0. The molecule has 0 bridgehead atoms. The van der Waals surface area contributed by atoms with E-state index in [-0.39, 0.29) is 18.2 Å². The summed E-state index contributed by atoms with van der Waals surface area (Å²) in [6.45, 7) is -0.0891. The number of benzene rings is 2. The van der Waals surface area contributed by atoms with E-state index < -0.39 is 17.8 Å². The standard InChI is InChI=1S/C21H14F3N3O2/c22-21(23,24)18-11-10-17(26-19(28)16-4-2-1-3-5-16)20(27-18)29-13-15-8-6-14(12-25)7-9-15/h1-11H,13H2,(H,26,28). The summed E-state index contributed by atoms with van der Waals surface area (Å²) >= 11 is 0. The van der Waals surface area contributed by atoms with Crippen LogP contribution in [0.2, 0.25) is 0 Å². The van der Waals surface area contributed by atoms with Gasteiger partial charge in [-0.1, -0.05) is 30.3 Å². The first-order chi connectivity index (χ1) is 13.9. The van der Waals surface area contributed by atoms with Gasteiger partial charge in [-0.15, -0.1) is 0 Å². The summed E-state index contributed by atoms with van der Waals surface area (Å²) in [6.07, 6.45) is -4.66. The Kier molecular flexibility index (Phi) is 5.79. The van der Waals surface area contributed by atoms with Crippen molar-refractivity contribution < 1.29 is 22.7 Å². The summed E-state index contributed by atoms with van der Waals surface area (Å²) in [4.78, 5) is 15.9. The molecule has 0 aliphatic carbocycles. The minimum atomic E-state index is -4.66. The number of carbonyl (C=O) groups is 1. The third kappa shape index (κ3) is 5.11. The third-order valence-electron chi connectivity index (χ3n) is 3.89. The maximum Gasteiger partial charge on any atom is 0.433 e. The molecule has 0 radical (unpaired) electrons. The fourth-order valence-corrected chi connectivity index (χ4v) is 2.41. The smallest absolute Gasteiger partial charge is 0.433 e. The number of amides is 1. The van der Waals surface area contributed by atoms with Crippen molar-refractivity contribution in [2.24, 2.45) is 0 Å². The Balaban J connectivity index is 1.85. The van der Waals surface area contributed by atoms with Gasteiger partial charge in [-0.25, -0.2) is 4.98 Å². The van der Waals surface area contributed by atoms with Crippen LogP contribution in [0.15, 0.2) is 66.7 Å². The molecule has 2 aromatic carbocycles. The number of nitrogens with one attached hydrogen (secondary N) is 1. The minimum Gasteiger partial charge on any atom is -0.471 e. The summed E-state index contributed by atoms with van der Waals surface area (Å²) < 4.78 is 44.6. The molecule has 0 aliphatic rings. The van der Waals surface area contributed by atoms with E-state index in [0.29, 0.717) is 16.7 Å². The largest absolute Gasteiger partial charge is 0.471 e. The molecular weight excluding hydrogens is 383 g/mol. The topological polar surface area (TPSA) is 75.0 Å². The van der Waals surface area contributed by atoms with Gasteiger partial charge in [0.05, 0.1) is 11.6 Å². The first-order valence-corrected chi connectivity index (χ1v) is 8.43. The van der Waals surface area contributed by atoms with Gasteiger partial charge in [-0.05, 0) is 42.0 Å². The number of nitrogens with zero attached hydrogens (tertiary/aromatic N) is 2. The number of halogens is 3. The molecule has 3 aromatic rings. The molecule has 0 fully saturated rings. The molecule has 0 unspecified atom stereocenters. The third-order valence-corrected chi connectivity index (χ3v) is 3.89. The molecule has 1 heterocycles. The van der Waals surface area contributed by atoms with Gasteiger partial charge in [0.2, 0.25) is 5.88 Å². The lowest BCUT2D eigenvalue weighted by Gasteiger charge is -2.14. The molecule has 0 saturated heterocycles. The van der Waals surface area contributed by atoms with E-state index in [1.807, 2.05) is 6.07 Å². The number of nitriles is 1. The van der Waals surface area contributed by atoms with Gasteiger partial charge >= 0.3 is 6.18 Å². The van der Waals surface area contributed by atoms with Gasteiger partial charge in [-0.3, -0.25) is 4.79 Å². The number of alkyl halides is 3. The van der Waals surface area contributed by atoms with Crippen LogP contribution < -0.4 is 10.1 Å². The number of hydrogen-bond donors (Lipinski definition) is 1. The van der Waals surface area contributed by atoms with Crippen LogP contribution in [-0.2, 0) is 12.8 Å². The molecule has 1 aromatic heterocycles. The van der Waals surface area contributed by atoms with Gasteiger partial charge in [-0.2, -0.15) is 18.4 Å². The number of rotatable bonds is 5. The minimum absolute atomic E-state index is 0.0144. The van der Waals surface area contributed by atoms with Crippen molar-refractivity contribution in [1.82, 2.24) is 4.98 Å². The second kappa shape index (κ2) is 8.44. The average Bonchev–Trinajstić information content (AvgIpc) is 2.73. The Hall–Kier alpha value is -3.86. The van der Waals surface area contributed by atoms with E-state index in [1.165, 1.54) is 0 Å². The molecule has 0 spiro atoms. The van der Waals surface area contributed by atoms with E-state index in [9.17, 15) is 18.0 Å². The van der Waals surface area contributed by atoms with E-state index in [4.69, 9.17) is 10.00 Å². The molecule has 1 amide bonds. The number of carbonyl (C=O) groups excluding carboxylic acids is 1. The fraction of sp³-hybridized carbons (Fsp3) is 0.0952. The monoisotopic (exact) mass is 397 g/mol. The summed E-state index contributed by atoms with van der Waals surface area (Å²) in [5.41, 5.74) is 0.293. The van der Waals surface area contributed by atoms with E-state index in [2.05, 4.69) is 10.3 Å². The molecule has 8 heteroatoms. The van der Waals surface area contributed by atoms with Crippen molar-refractivity contribution >= 4 is 11.6 Å². The molecule has 29 heavy (non-hydrogen) atoms. The maximum atomic E-state index is 13.0. The van der Waals surface area contributed by atoms with Gasteiger partial charge in [0, 0.05) is 5.56 Å². The summed E-state index contributed by atoms with van der Waals surface area (Å²) in [5.74, 6) is -0.858. The highest BCUT2D eigenvalue weighted by atomic mass is 19.4. The molecule has 0 atom stereocenters. The second-order valence-corrected chi connectivity index (χ2v) is 5.96. The van der Waals surface area contributed by atoms with E-state index in [1.54, 1.807) is 54.6 Å². The Bertz CT molecular complexity index is 1040. The quantitative estimate of drug-likeness (QED) is 0.671. The highest BCUT2D eigenvalue weighted by molar-refractivity contribution is 6.04. The summed E-state index contributed by atoms with van der Waals surface area (Å²) in [6, 6.07) is 18.4. The van der Waals surface area contributed by atoms with Crippen LogP contribution in [0.3, 0.4) is 0 Å². The van der Waals surface area contributed by atoms with Crippen molar-refractivity contribution in [3.63, 3.8) is 0 Å². The van der Waals surface area contributed by atoms with Crippen LogP contribution in [0.5, 0.6) is 5.88 Å². The zero-order valence-electron chi connectivity index (χ0n) is 14.9. The van der Waals surface area contributed by atoms with Crippen molar-refractivity contribution in [2.75, 3.05) is 5.32 Å². The highest BCUT2D eigenvalue weighted by Crippen LogP contribution is 2.32. The normalized spacial score (nSPS) is 10.8. The Morgan fingerprint density at radius 2 is 1.72 bits per heavy atom. The Morgan fingerprint density at radius 1 is 1.03 bits per heavy atom. The molecule has 0 aliphatic heterocycles. The second-order valence-electron chi connectivity index (χ2n) is 5.96. The Labute approximate surface area is 164 Å². The van der Waals surface area contributed by atoms with Crippen LogP contribution in [0.4, 0.5) is 18.9 Å². The zero-order chi connectivity index (χ0) is 20.9. The number of hydrogen-bond acceptors (Lipinski definition) is 4. The first kappa shape index (κ1) is 19.9. The number of aromatic nitrogens is 1. The molecule has 146 valence electrons. The molecule has 1 N–H and O–H groups in total. The zero-order valence-corrected chi connectivity index (χ0v) is 14.9. The van der Waals surface area contributed by atoms with Crippen molar-refractivity contribution in [2.45, 2.75) is 12.8 Å². The van der Waals surface area contributed by atoms with E-state index in [0.717, 1.165) is 12.1 Å². The number of anilines is 1. The number of pyridine rings is 1. The predicted molar refractivity (Wildman–Crippen MR) is 99.1 cm³/mol. The predicted octanol–water partition coefficient (Wildman–Crippen LogP) is 4.80. The van der Waals surface area contributed by atoms with Gasteiger partial charge in [0.15, 0.2) is 0 Å². The van der Waals surface area contributed by atoms with E-state index >= 15 is 0 Å². The lowest BCUT2D eigenvalue weighted by Crippen LogP contribution is -2.15. The summed E-state index contributed by atoms with van der Waals surface area (Å²) in [7, 11) is 0. The van der Waals surface area contributed by atoms with Crippen molar-refractivity contribution in [1.29, 1.82) is 5.26 Å². The SMILES string of the molecule is N#Cc1ccc(COc2nc(C(F)(F)F)ccc2NC(=O)c2ccccc2)cc1. The highest BCUT2D eigenvalue weighted by Gasteiger charge is 2.33. The van der Waals surface area contributed by atoms with Crippen LogP contribution in [-0.4, -0.2) is 10.9 Å². The van der Waals surface area contributed by atoms with Gasteiger partial charge in [0.25, 0.3) is 5.91 Å². The average molecular weight is 397 g/mol. The summed E-state index contributed by atoms with van der Waals surface area (Å²) in [5, 5.41) is 11.3. The van der Waals surface area contributed by atoms with Gasteiger partial charge < -0.3 is 10.1 Å². The fourth-order valence-electron chi connectivity index (χ4n) is 2.41. The lowest BCUT2D eigenvalue weighted by molar-refractivity contribution is -0.141. The van der Waals surface area contributed by atoms with Crippen LogP contribution in [0, 0.1) is 11.3 Å². The van der Waals surface area contributed by atoms with Crippen molar-refractivity contribution in [3.8, 4) is 11.9 Å². The van der Waals surface area contributed by atoms with Crippen molar-refractivity contribution in [3.05, 3.63) is 89.1 Å². The molecule has 5 nitrogen and oxygen atoms in total. The number of ether oxygens (including phenoxy) is 1. The van der Waals surface area contributed by atoms with Gasteiger partial charge in [0.1, 0.15) is 18.0 Å². The Morgan fingerprint density at radius 3 is 2.34 bits per heavy atom. The molecule has 0 saturated carbocycles.